The molecule has 3 rings (SSSR count). The molecule has 0 radical (unpaired) electrons. The van der Waals surface area contributed by atoms with Gasteiger partial charge in [-0.25, -0.2) is 0 Å². The molecule has 0 bridgehead atoms. The van der Waals surface area contributed by atoms with Crippen LogP contribution in [0.15, 0.2) is 47.0 Å². The molecule has 2 aromatic carbocycles. The predicted octanol–water partition coefficient (Wildman–Crippen LogP) is 4.93. The smallest absolute Gasteiger partial charge is 0.253 e. The summed E-state index contributed by atoms with van der Waals surface area (Å²) in [6, 6.07) is 12.6. The van der Waals surface area contributed by atoms with Crippen LogP contribution in [0.4, 0.5) is 5.69 Å². The predicted molar refractivity (Wildman–Crippen MR) is 117 cm³/mol. The number of nitrogens with zero attached hydrogens (tertiary/aromatic N) is 2. The van der Waals surface area contributed by atoms with E-state index < -0.39 is 0 Å². The number of ether oxygens (including phenoxy) is 1. The maximum Gasteiger partial charge on any atom is 0.253 e. The van der Waals surface area contributed by atoms with Gasteiger partial charge < -0.3 is 19.9 Å². The summed E-state index contributed by atoms with van der Waals surface area (Å²) in [4.78, 5) is 16.9. The Morgan fingerprint density at radius 1 is 1.23 bits per heavy atom. The molecular weight excluding hydrogens is 404 g/mol. The Hall–Kier alpha value is -3.06. The van der Waals surface area contributed by atoms with E-state index in [9.17, 15) is 4.79 Å². The van der Waals surface area contributed by atoms with E-state index >= 15 is 0 Å². The average molecular weight is 429 g/mol. The van der Waals surface area contributed by atoms with Crippen molar-refractivity contribution in [1.29, 1.82) is 0 Å². The summed E-state index contributed by atoms with van der Waals surface area (Å²) >= 11 is 6.33. The molecule has 8 heteroatoms. The van der Waals surface area contributed by atoms with E-state index in [1.165, 1.54) is 0 Å². The summed E-state index contributed by atoms with van der Waals surface area (Å²) in [7, 11) is 1.60. The first kappa shape index (κ1) is 21.6. The van der Waals surface area contributed by atoms with Crippen molar-refractivity contribution in [3.63, 3.8) is 0 Å². The number of amides is 1. The number of methoxy groups -OCH3 is 1. The molecular formula is C22H25ClN4O3. The lowest BCUT2D eigenvalue weighted by Crippen LogP contribution is -2.42. The van der Waals surface area contributed by atoms with Crippen LogP contribution >= 0.6 is 11.6 Å². The molecule has 2 N–H and O–H groups in total. The first-order valence-corrected chi connectivity index (χ1v) is 10.0. The molecule has 0 fully saturated rings. The zero-order chi connectivity index (χ0) is 21.7. The first-order chi connectivity index (χ1) is 14.3. The van der Waals surface area contributed by atoms with Crippen LogP contribution in [0.25, 0.3) is 11.4 Å². The summed E-state index contributed by atoms with van der Waals surface area (Å²) in [6.45, 7) is 6.27. The number of hydrogen-bond donors (Lipinski definition) is 2. The minimum atomic E-state index is -0.297. The van der Waals surface area contributed by atoms with Gasteiger partial charge in [0.05, 0.1) is 29.8 Å². The van der Waals surface area contributed by atoms with Crippen LogP contribution in [0.1, 0.15) is 43.4 Å². The van der Waals surface area contributed by atoms with Gasteiger partial charge >= 0.3 is 0 Å². The Bertz CT molecular complexity index is 1030. The van der Waals surface area contributed by atoms with Crippen molar-refractivity contribution in [2.45, 2.75) is 39.3 Å². The number of anilines is 1. The fraction of sp³-hybridized carbons (Fsp3) is 0.318. The molecule has 1 heterocycles. The third-order valence-corrected chi connectivity index (χ3v) is 5.12. The quantitative estimate of drug-likeness (QED) is 0.528. The first-order valence-electron chi connectivity index (χ1n) is 9.65. The lowest BCUT2D eigenvalue weighted by atomic mass is 10.0. The molecule has 1 amide bonds. The van der Waals surface area contributed by atoms with Crippen molar-refractivity contribution in [2.75, 3.05) is 12.4 Å². The zero-order valence-corrected chi connectivity index (χ0v) is 18.2. The van der Waals surface area contributed by atoms with Crippen molar-refractivity contribution in [2.24, 2.45) is 0 Å². The number of para-hydroxylation sites is 1. The number of carbonyl (C=O) groups is 1. The second-order valence-electron chi connectivity index (χ2n) is 7.45. The van der Waals surface area contributed by atoms with Crippen molar-refractivity contribution >= 4 is 23.2 Å². The molecule has 0 atom stereocenters. The van der Waals surface area contributed by atoms with Crippen molar-refractivity contribution < 1.29 is 14.1 Å². The highest BCUT2D eigenvalue weighted by Crippen LogP contribution is 2.27. The largest absolute Gasteiger partial charge is 0.496 e. The van der Waals surface area contributed by atoms with Crippen LogP contribution < -0.4 is 15.4 Å². The molecule has 0 aliphatic heterocycles. The molecule has 1 aromatic heterocycles. The zero-order valence-electron chi connectivity index (χ0n) is 17.5. The van der Waals surface area contributed by atoms with Gasteiger partial charge in [-0.2, -0.15) is 4.98 Å². The summed E-state index contributed by atoms with van der Waals surface area (Å²) in [5, 5.41) is 10.5. The van der Waals surface area contributed by atoms with Gasteiger partial charge in [0.15, 0.2) is 0 Å². The van der Waals surface area contributed by atoms with Crippen LogP contribution in [0.3, 0.4) is 0 Å². The van der Waals surface area contributed by atoms with E-state index in [1.54, 1.807) is 25.3 Å². The standard InChI is InChI=1S/C22H25ClN4O3/c1-5-22(2,3)26-21(28)15-11-10-14(12-17(15)23)24-13-19-25-20(27-30-19)16-8-6-7-9-18(16)29-4/h6-12,24H,5,13H2,1-4H3,(H,26,28). The summed E-state index contributed by atoms with van der Waals surface area (Å²) in [5.74, 6) is 1.34. The second kappa shape index (κ2) is 9.17. The van der Waals surface area contributed by atoms with Crippen LogP contribution in [0.2, 0.25) is 5.02 Å². The molecule has 0 aliphatic carbocycles. The number of hydrogen-bond acceptors (Lipinski definition) is 6. The molecule has 0 saturated carbocycles. The van der Waals surface area contributed by atoms with Gasteiger partial charge in [0.1, 0.15) is 5.75 Å². The SMILES string of the molecule is CCC(C)(C)NC(=O)c1ccc(NCc2nc(-c3ccccc3OC)no2)cc1Cl. The van der Waals surface area contributed by atoms with E-state index in [4.69, 9.17) is 20.9 Å². The Balaban J connectivity index is 1.66. The lowest BCUT2D eigenvalue weighted by molar-refractivity contribution is 0.0911. The molecule has 3 aromatic rings. The van der Waals surface area contributed by atoms with Crippen LogP contribution in [0.5, 0.6) is 5.75 Å². The number of rotatable bonds is 8. The van der Waals surface area contributed by atoms with E-state index in [1.807, 2.05) is 45.0 Å². The average Bonchev–Trinajstić information content (AvgIpc) is 3.20. The monoisotopic (exact) mass is 428 g/mol. The third-order valence-electron chi connectivity index (χ3n) is 4.81. The molecule has 0 spiro atoms. The summed E-state index contributed by atoms with van der Waals surface area (Å²) < 4.78 is 10.7. The van der Waals surface area contributed by atoms with Crippen LogP contribution in [-0.2, 0) is 6.54 Å². The molecule has 158 valence electrons. The number of aromatic nitrogens is 2. The maximum atomic E-state index is 12.5. The van der Waals surface area contributed by atoms with E-state index in [0.29, 0.717) is 34.6 Å². The highest BCUT2D eigenvalue weighted by atomic mass is 35.5. The van der Waals surface area contributed by atoms with E-state index in [2.05, 4.69) is 20.8 Å². The summed E-state index contributed by atoms with van der Waals surface area (Å²) in [5.41, 5.74) is 1.63. The van der Waals surface area contributed by atoms with Crippen LogP contribution in [-0.4, -0.2) is 28.7 Å². The van der Waals surface area contributed by atoms with Crippen molar-refractivity contribution in [1.82, 2.24) is 15.5 Å². The van der Waals surface area contributed by atoms with Gasteiger partial charge in [0.2, 0.25) is 11.7 Å². The fourth-order valence-corrected chi connectivity index (χ4v) is 2.98. The normalized spacial score (nSPS) is 11.2. The third kappa shape index (κ3) is 5.10. The fourth-order valence-electron chi connectivity index (χ4n) is 2.72. The number of nitrogens with one attached hydrogen (secondary N) is 2. The van der Waals surface area contributed by atoms with Gasteiger partial charge in [0, 0.05) is 11.2 Å². The number of carbonyl (C=O) groups excluding carboxylic acids is 1. The highest BCUT2D eigenvalue weighted by molar-refractivity contribution is 6.34. The van der Waals surface area contributed by atoms with E-state index in [0.717, 1.165) is 17.7 Å². The maximum absolute atomic E-state index is 12.5. The Kier molecular flexibility index (Phi) is 6.62. The molecule has 30 heavy (non-hydrogen) atoms. The number of halogens is 1. The van der Waals surface area contributed by atoms with Gasteiger partial charge in [-0.05, 0) is 50.6 Å². The Labute approximate surface area is 180 Å². The summed E-state index contributed by atoms with van der Waals surface area (Å²) in [6.07, 6.45) is 0.816. The topological polar surface area (TPSA) is 89.3 Å². The van der Waals surface area contributed by atoms with E-state index in [-0.39, 0.29) is 11.4 Å². The van der Waals surface area contributed by atoms with Gasteiger partial charge in [-0.1, -0.05) is 35.8 Å². The Morgan fingerprint density at radius 2 is 2.00 bits per heavy atom. The van der Waals surface area contributed by atoms with Gasteiger partial charge in [0.25, 0.3) is 5.91 Å². The minimum absolute atomic E-state index is 0.197. The van der Waals surface area contributed by atoms with Gasteiger partial charge in [-0.3, -0.25) is 4.79 Å². The molecule has 0 saturated heterocycles. The van der Waals surface area contributed by atoms with Crippen molar-refractivity contribution in [3.05, 3.63) is 58.9 Å². The molecule has 0 unspecified atom stereocenters. The van der Waals surface area contributed by atoms with Crippen LogP contribution in [0, 0.1) is 0 Å². The molecule has 0 aliphatic rings. The lowest BCUT2D eigenvalue weighted by Gasteiger charge is -2.24. The van der Waals surface area contributed by atoms with Gasteiger partial charge in [-0.15, -0.1) is 0 Å². The molecule has 7 nitrogen and oxygen atoms in total. The second-order valence-corrected chi connectivity index (χ2v) is 7.86. The highest BCUT2D eigenvalue weighted by Gasteiger charge is 2.20. The Morgan fingerprint density at radius 3 is 2.70 bits per heavy atom. The van der Waals surface area contributed by atoms with Crippen molar-refractivity contribution in [3.8, 4) is 17.1 Å². The minimum Gasteiger partial charge on any atom is -0.496 e. The number of benzene rings is 2.